The van der Waals surface area contributed by atoms with Crippen LogP contribution < -0.4 is 15.2 Å². The van der Waals surface area contributed by atoms with Gasteiger partial charge in [0, 0.05) is 11.8 Å². The van der Waals surface area contributed by atoms with Crippen LogP contribution in [0.3, 0.4) is 0 Å². The first kappa shape index (κ1) is 17.7. The molecule has 4 rings (SSSR count). The summed E-state index contributed by atoms with van der Waals surface area (Å²) in [6.07, 6.45) is 7.38. The van der Waals surface area contributed by atoms with Crippen LogP contribution in [0.1, 0.15) is 32.1 Å². The lowest BCUT2D eigenvalue weighted by Gasteiger charge is -2.22. The van der Waals surface area contributed by atoms with Gasteiger partial charge in [0.25, 0.3) is 0 Å². The van der Waals surface area contributed by atoms with Crippen molar-refractivity contribution < 1.29 is 13.2 Å². The van der Waals surface area contributed by atoms with Crippen LogP contribution in [0.4, 0.5) is 11.5 Å². The molecule has 10 heteroatoms. The van der Waals surface area contributed by atoms with E-state index in [1.54, 1.807) is 28.9 Å². The van der Waals surface area contributed by atoms with Crippen LogP contribution in [-0.4, -0.2) is 34.3 Å². The first-order valence-corrected chi connectivity index (χ1v) is 10.3. The monoisotopic (exact) mass is 388 g/mol. The standard InChI is InChI=1S/C17H20N6O3S/c18-27(24,25)14-8-6-12(7-9-14)20-15-10-17(21-16-11-19-22-23(15)16)26-13-4-2-1-3-5-13/h6-11,13,20H,1-5H2,(H2,18,24,25). The van der Waals surface area contributed by atoms with Gasteiger partial charge in [-0.1, -0.05) is 11.6 Å². The Morgan fingerprint density at radius 3 is 2.59 bits per heavy atom. The van der Waals surface area contributed by atoms with E-state index in [0.717, 1.165) is 12.8 Å². The SMILES string of the molecule is NS(=O)(=O)c1ccc(Nc2cc(OC3CCCCC3)nc3cnnn23)cc1. The molecule has 1 aliphatic rings. The van der Waals surface area contributed by atoms with Crippen LogP contribution in [0.25, 0.3) is 5.65 Å². The van der Waals surface area contributed by atoms with Crippen LogP contribution in [0.2, 0.25) is 0 Å². The van der Waals surface area contributed by atoms with E-state index >= 15 is 0 Å². The summed E-state index contributed by atoms with van der Waals surface area (Å²) in [5.41, 5.74) is 1.24. The highest BCUT2D eigenvalue weighted by atomic mass is 32.2. The zero-order chi connectivity index (χ0) is 18.9. The summed E-state index contributed by atoms with van der Waals surface area (Å²) in [7, 11) is -3.73. The number of primary sulfonamides is 1. The lowest BCUT2D eigenvalue weighted by atomic mass is 9.98. The van der Waals surface area contributed by atoms with E-state index in [9.17, 15) is 8.42 Å². The highest BCUT2D eigenvalue weighted by molar-refractivity contribution is 7.89. The molecule has 2 aromatic heterocycles. The summed E-state index contributed by atoms with van der Waals surface area (Å²) in [5, 5.41) is 16.3. The molecular formula is C17H20N6O3S. The van der Waals surface area contributed by atoms with Crippen LogP contribution in [0.5, 0.6) is 5.88 Å². The molecule has 3 N–H and O–H groups in total. The summed E-state index contributed by atoms with van der Waals surface area (Å²) in [6, 6.07) is 7.91. The molecule has 0 saturated heterocycles. The molecule has 1 aliphatic carbocycles. The average molecular weight is 388 g/mol. The molecule has 0 bridgehead atoms. The lowest BCUT2D eigenvalue weighted by molar-refractivity contribution is 0.149. The molecule has 9 nitrogen and oxygen atoms in total. The molecule has 2 heterocycles. The predicted octanol–water partition coefficient (Wildman–Crippen LogP) is 2.23. The van der Waals surface area contributed by atoms with Crippen LogP contribution in [0, 0.1) is 0 Å². The number of hydrogen-bond acceptors (Lipinski definition) is 7. The van der Waals surface area contributed by atoms with Crippen molar-refractivity contribution in [2.75, 3.05) is 5.32 Å². The molecule has 0 aliphatic heterocycles. The number of aromatic nitrogens is 4. The number of nitrogens with two attached hydrogens (primary N) is 1. The molecule has 0 unspecified atom stereocenters. The van der Waals surface area contributed by atoms with Gasteiger partial charge in [0.05, 0.1) is 11.1 Å². The van der Waals surface area contributed by atoms with Crippen LogP contribution in [0.15, 0.2) is 41.4 Å². The Balaban J connectivity index is 1.61. The van der Waals surface area contributed by atoms with Crippen molar-refractivity contribution in [3.8, 4) is 5.88 Å². The third kappa shape index (κ3) is 4.01. The van der Waals surface area contributed by atoms with Crippen molar-refractivity contribution in [1.29, 1.82) is 0 Å². The zero-order valence-corrected chi connectivity index (χ0v) is 15.4. The van der Waals surface area contributed by atoms with Gasteiger partial charge < -0.3 is 10.1 Å². The molecule has 0 spiro atoms. The second-order valence-electron chi connectivity index (χ2n) is 6.56. The quantitative estimate of drug-likeness (QED) is 0.686. The van der Waals surface area contributed by atoms with E-state index in [2.05, 4.69) is 20.6 Å². The summed E-state index contributed by atoms with van der Waals surface area (Å²) in [5.74, 6) is 1.13. The Hall–Kier alpha value is -2.72. The molecule has 0 atom stereocenters. The van der Waals surface area contributed by atoms with Crippen molar-refractivity contribution in [3.63, 3.8) is 0 Å². The number of rotatable bonds is 5. The van der Waals surface area contributed by atoms with E-state index in [4.69, 9.17) is 9.88 Å². The summed E-state index contributed by atoms with van der Waals surface area (Å²) < 4.78 is 30.4. The molecule has 27 heavy (non-hydrogen) atoms. The third-order valence-electron chi connectivity index (χ3n) is 4.54. The third-order valence-corrected chi connectivity index (χ3v) is 5.47. The first-order chi connectivity index (χ1) is 13.0. The smallest absolute Gasteiger partial charge is 0.238 e. The number of benzene rings is 1. The van der Waals surface area contributed by atoms with Gasteiger partial charge in [-0.05, 0) is 49.9 Å². The number of nitrogens with one attached hydrogen (secondary N) is 1. The summed E-state index contributed by atoms with van der Waals surface area (Å²) in [4.78, 5) is 4.51. The van der Waals surface area contributed by atoms with E-state index in [-0.39, 0.29) is 11.0 Å². The number of nitrogens with zero attached hydrogens (tertiary/aromatic N) is 4. The fourth-order valence-electron chi connectivity index (χ4n) is 3.18. The maximum Gasteiger partial charge on any atom is 0.238 e. The normalized spacial score (nSPS) is 15.7. The average Bonchev–Trinajstić information content (AvgIpc) is 3.11. The van der Waals surface area contributed by atoms with Gasteiger partial charge in [-0.15, -0.1) is 5.10 Å². The van der Waals surface area contributed by atoms with Crippen LogP contribution in [-0.2, 0) is 10.0 Å². The second-order valence-corrected chi connectivity index (χ2v) is 8.12. The van der Waals surface area contributed by atoms with E-state index in [1.165, 1.54) is 31.4 Å². The number of anilines is 2. The molecule has 3 aromatic rings. The topological polar surface area (TPSA) is 124 Å². The summed E-state index contributed by atoms with van der Waals surface area (Å²) in [6.45, 7) is 0. The van der Waals surface area contributed by atoms with Crippen molar-refractivity contribution >= 4 is 27.2 Å². The second kappa shape index (κ2) is 7.12. The van der Waals surface area contributed by atoms with Gasteiger partial charge >= 0.3 is 0 Å². The van der Waals surface area contributed by atoms with Crippen molar-refractivity contribution in [1.82, 2.24) is 19.8 Å². The molecular weight excluding hydrogens is 368 g/mol. The van der Waals surface area contributed by atoms with Gasteiger partial charge in [0.1, 0.15) is 11.9 Å². The van der Waals surface area contributed by atoms with Crippen molar-refractivity contribution in [2.24, 2.45) is 5.14 Å². The maximum atomic E-state index is 11.4. The predicted molar refractivity (Wildman–Crippen MR) is 99.4 cm³/mol. The molecule has 0 radical (unpaired) electrons. The van der Waals surface area contributed by atoms with Gasteiger partial charge in [-0.3, -0.25) is 0 Å². The van der Waals surface area contributed by atoms with Gasteiger partial charge in [0.15, 0.2) is 5.65 Å². The fraction of sp³-hybridized carbons (Fsp3) is 0.353. The Bertz CT molecular complexity index is 1040. The lowest BCUT2D eigenvalue weighted by Crippen LogP contribution is -2.20. The largest absolute Gasteiger partial charge is 0.474 e. The summed E-state index contributed by atoms with van der Waals surface area (Å²) >= 11 is 0. The minimum atomic E-state index is -3.73. The Kier molecular flexibility index (Phi) is 4.66. The highest BCUT2D eigenvalue weighted by Crippen LogP contribution is 2.26. The minimum Gasteiger partial charge on any atom is -0.474 e. The van der Waals surface area contributed by atoms with Gasteiger partial charge in [-0.25, -0.2) is 13.6 Å². The fourth-order valence-corrected chi connectivity index (χ4v) is 3.70. The Morgan fingerprint density at radius 2 is 1.89 bits per heavy atom. The van der Waals surface area contributed by atoms with Gasteiger partial charge in [0.2, 0.25) is 15.9 Å². The zero-order valence-electron chi connectivity index (χ0n) is 14.6. The van der Waals surface area contributed by atoms with E-state index < -0.39 is 10.0 Å². The number of sulfonamides is 1. The maximum absolute atomic E-state index is 11.4. The van der Waals surface area contributed by atoms with E-state index in [0.29, 0.717) is 23.0 Å². The van der Waals surface area contributed by atoms with Gasteiger partial charge in [-0.2, -0.15) is 9.50 Å². The Morgan fingerprint density at radius 1 is 1.15 bits per heavy atom. The Labute approximate surface area is 156 Å². The van der Waals surface area contributed by atoms with Crippen molar-refractivity contribution in [3.05, 3.63) is 36.5 Å². The molecule has 1 aromatic carbocycles. The molecule has 142 valence electrons. The molecule has 1 saturated carbocycles. The molecule has 0 amide bonds. The van der Waals surface area contributed by atoms with Crippen molar-refractivity contribution in [2.45, 2.75) is 43.1 Å². The minimum absolute atomic E-state index is 0.0509. The van der Waals surface area contributed by atoms with Crippen LogP contribution >= 0.6 is 0 Å². The first-order valence-electron chi connectivity index (χ1n) is 8.77. The number of ether oxygens (including phenoxy) is 1. The van der Waals surface area contributed by atoms with E-state index in [1.807, 2.05) is 0 Å². The number of fused-ring (bicyclic) bond motifs is 1. The highest BCUT2D eigenvalue weighted by Gasteiger charge is 2.17. The number of hydrogen-bond donors (Lipinski definition) is 2. The molecule has 1 fully saturated rings.